The van der Waals surface area contributed by atoms with Crippen LogP contribution >= 0.6 is 11.3 Å². The number of carbonyl (C=O) groups excluding carboxylic acids is 2. The highest BCUT2D eigenvalue weighted by molar-refractivity contribution is 7.20. The minimum atomic E-state index is -0.589. The Balaban J connectivity index is 1.43. The molecule has 0 saturated carbocycles. The Morgan fingerprint density at radius 3 is 2.47 bits per heavy atom. The Morgan fingerprint density at radius 1 is 1.12 bits per heavy atom. The molecule has 7 nitrogen and oxygen atoms in total. The Labute approximate surface area is 188 Å². The summed E-state index contributed by atoms with van der Waals surface area (Å²) >= 11 is 1.21. The number of esters is 1. The van der Waals surface area contributed by atoms with Gasteiger partial charge in [-0.25, -0.2) is 13.9 Å². The number of aromatic nitrogens is 2. The van der Waals surface area contributed by atoms with Crippen molar-refractivity contribution in [3.05, 3.63) is 71.0 Å². The molecule has 0 aliphatic carbocycles. The van der Waals surface area contributed by atoms with Gasteiger partial charge in [-0.05, 0) is 61.5 Å². The summed E-state index contributed by atoms with van der Waals surface area (Å²) in [4.78, 5) is 27.7. The molecule has 32 heavy (non-hydrogen) atoms. The molecule has 0 radical (unpaired) electrons. The summed E-state index contributed by atoms with van der Waals surface area (Å²) in [7, 11) is 3.86. The lowest BCUT2D eigenvalue weighted by Gasteiger charge is -2.13. The summed E-state index contributed by atoms with van der Waals surface area (Å²) < 4.78 is 20.1. The van der Waals surface area contributed by atoms with Crippen molar-refractivity contribution < 1.29 is 18.7 Å². The zero-order chi connectivity index (χ0) is 22.8. The van der Waals surface area contributed by atoms with Crippen LogP contribution in [0.25, 0.3) is 15.9 Å². The number of benzene rings is 2. The summed E-state index contributed by atoms with van der Waals surface area (Å²) in [6.45, 7) is 1.44. The number of hydrogen-bond acceptors (Lipinski definition) is 6. The maximum Gasteiger partial charge on any atom is 0.348 e. The Hall–Kier alpha value is -3.72. The molecule has 164 valence electrons. The smallest absolute Gasteiger partial charge is 0.348 e. The van der Waals surface area contributed by atoms with Crippen LogP contribution in [0.1, 0.15) is 15.4 Å². The van der Waals surface area contributed by atoms with E-state index in [4.69, 9.17) is 4.74 Å². The number of rotatable bonds is 6. The van der Waals surface area contributed by atoms with E-state index in [2.05, 4.69) is 10.4 Å². The van der Waals surface area contributed by atoms with Gasteiger partial charge < -0.3 is 15.0 Å². The SMILES string of the molecule is Cc1nn(-c2ccc(F)cc2)c2sc(C(=O)OCC(=O)Nc3ccc(N(C)C)cc3)cc12. The summed E-state index contributed by atoms with van der Waals surface area (Å²) in [5.74, 6) is -1.35. The summed E-state index contributed by atoms with van der Waals surface area (Å²) in [5.41, 5.74) is 3.05. The van der Waals surface area contributed by atoms with Gasteiger partial charge in [0.25, 0.3) is 5.91 Å². The molecule has 2 aromatic heterocycles. The van der Waals surface area contributed by atoms with Gasteiger partial charge in [-0.3, -0.25) is 4.79 Å². The number of aryl methyl sites for hydroxylation is 1. The highest BCUT2D eigenvalue weighted by atomic mass is 32.1. The van der Waals surface area contributed by atoms with E-state index in [-0.39, 0.29) is 5.82 Å². The first kappa shape index (κ1) is 21.5. The molecule has 0 saturated heterocycles. The Morgan fingerprint density at radius 2 is 1.81 bits per heavy atom. The molecule has 4 rings (SSSR count). The second-order valence-corrected chi connectivity index (χ2v) is 8.40. The molecule has 0 unspecified atom stereocenters. The first-order valence-corrected chi connectivity index (χ1v) is 10.6. The molecule has 1 N–H and O–H groups in total. The zero-order valence-electron chi connectivity index (χ0n) is 17.8. The van der Waals surface area contributed by atoms with Crippen LogP contribution in [0.15, 0.2) is 54.6 Å². The number of thiophene rings is 1. The number of halogens is 1. The van der Waals surface area contributed by atoms with E-state index in [1.807, 2.05) is 38.1 Å². The van der Waals surface area contributed by atoms with Crippen molar-refractivity contribution in [2.24, 2.45) is 0 Å². The molecule has 9 heteroatoms. The quantitative estimate of drug-likeness (QED) is 0.439. The van der Waals surface area contributed by atoms with Gasteiger partial charge in [0.05, 0.1) is 11.4 Å². The average Bonchev–Trinajstić information content (AvgIpc) is 3.34. The number of nitrogens with zero attached hydrogens (tertiary/aromatic N) is 3. The van der Waals surface area contributed by atoms with Gasteiger partial charge in [-0.15, -0.1) is 11.3 Å². The second kappa shape index (κ2) is 8.80. The fraction of sp³-hybridized carbons (Fsp3) is 0.174. The third-order valence-corrected chi connectivity index (χ3v) is 5.91. The van der Waals surface area contributed by atoms with E-state index in [1.54, 1.807) is 35.0 Å². The molecule has 0 atom stereocenters. The predicted molar refractivity (Wildman–Crippen MR) is 123 cm³/mol. The van der Waals surface area contributed by atoms with Crippen LogP contribution < -0.4 is 10.2 Å². The van der Waals surface area contributed by atoms with Crippen molar-refractivity contribution in [2.45, 2.75) is 6.92 Å². The van der Waals surface area contributed by atoms with Gasteiger partial charge in [0.2, 0.25) is 0 Å². The average molecular weight is 453 g/mol. The lowest BCUT2D eigenvalue weighted by atomic mass is 10.2. The number of nitrogens with one attached hydrogen (secondary N) is 1. The molecule has 0 spiro atoms. The monoisotopic (exact) mass is 452 g/mol. The molecule has 4 aromatic rings. The minimum Gasteiger partial charge on any atom is -0.451 e. The molecular formula is C23H21FN4O3S. The summed E-state index contributed by atoms with van der Waals surface area (Å²) in [6, 6.07) is 15.0. The standard InChI is InChI=1S/C23H21FN4O3S/c1-14-19-12-20(32-22(19)28(26-14)18-8-4-15(24)5-9-18)23(30)31-13-21(29)25-16-6-10-17(11-7-16)27(2)3/h4-12H,13H2,1-3H3,(H,25,29). The third kappa shape index (κ3) is 4.47. The van der Waals surface area contributed by atoms with Gasteiger partial charge in [0.1, 0.15) is 15.5 Å². The molecule has 2 heterocycles. The van der Waals surface area contributed by atoms with Crippen molar-refractivity contribution in [3.63, 3.8) is 0 Å². The Bertz CT molecular complexity index is 1280. The Kier molecular flexibility index (Phi) is 5.91. The fourth-order valence-electron chi connectivity index (χ4n) is 3.15. The summed E-state index contributed by atoms with van der Waals surface area (Å²) in [6.07, 6.45) is 0. The molecule has 0 aliphatic heterocycles. The van der Waals surface area contributed by atoms with Crippen LogP contribution in [-0.4, -0.2) is 42.4 Å². The lowest BCUT2D eigenvalue weighted by molar-refractivity contribution is -0.119. The largest absolute Gasteiger partial charge is 0.451 e. The van der Waals surface area contributed by atoms with E-state index in [1.165, 1.54) is 23.5 Å². The summed E-state index contributed by atoms with van der Waals surface area (Å²) in [5, 5.41) is 7.98. The number of anilines is 2. The maximum atomic E-state index is 13.2. The topological polar surface area (TPSA) is 76.5 Å². The number of ether oxygens (including phenoxy) is 1. The van der Waals surface area contributed by atoms with E-state index in [0.29, 0.717) is 16.3 Å². The first-order chi connectivity index (χ1) is 15.3. The number of hydrogen-bond donors (Lipinski definition) is 1. The molecule has 0 bridgehead atoms. The zero-order valence-corrected chi connectivity index (χ0v) is 18.6. The molecule has 1 amide bonds. The van der Waals surface area contributed by atoms with Gasteiger partial charge in [-0.1, -0.05) is 0 Å². The molecular weight excluding hydrogens is 431 g/mol. The fourth-order valence-corrected chi connectivity index (χ4v) is 4.22. The van der Waals surface area contributed by atoms with Crippen LogP contribution in [0, 0.1) is 12.7 Å². The van der Waals surface area contributed by atoms with E-state index in [9.17, 15) is 14.0 Å². The van der Waals surface area contributed by atoms with Crippen molar-refractivity contribution in [1.82, 2.24) is 9.78 Å². The first-order valence-electron chi connectivity index (χ1n) is 9.81. The highest BCUT2D eigenvalue weighted by Gasteiger charge is 2.19. The van der Waals surface area contributed by atoms with Crippen LogP contribution in [0.2, 0.25) is 0 Å². The molecule has 2 aromatic carbocycles. The molecule has 0 fully saturated rings. The lowest BCUT2D eigenvalue weighted by Crippen LogP contribution is -2.20. The van der Waals surface area contributed by atoms with Crippen LogP contribution in [0.4, 0.5) is 15.8 Å². The molecule has 0 aliphatic rings. The van der Waals surface area contributed by atoms with Crippen LogP contribution in [0.3, 0.4) is 0 Å². The number of fused-ring (bicyclic) bond motifs is 1. The van der Waals surface area contributed by atoms with Gasteiger partial charge >= 0.3 is 5.97 Å². The van der Waals surface area contributed by atoms with Crippen molar-refractivity contribution >= 4 is 44.8 Å². The van der Waals surface area contributed by atoms with Gasteiger partial charge in [0, 0.05) is 30.9 Å². The maximum absolute atomic E-state index is 13.2. The normalized spacial score (nSPS) is 10.9. The predicted octanol–water partition coefficient (Wildman–Crippen LogP) is 4.40. The van der Waals surface area contributed by atoms with Crippen molar-refractivity contribution in [1.29, 1.82) is 0 Å². The number of amides is 1. The number of carbonyl (C=O) groups is 2. The highest BCUT2D eigenvalue weighted by Crippen LogP contribution is 2.31. The third-order valence-electron chi connectivity index (χ3n) is 4.82. The minimum absolute atomic E-state index is 0.337. The van der Waals surface area contributed by atoms with Crippen molar-refractivity contribution in [2.75, 3.05) is 30.9 Å². The van der Waals surface area contributed by atoms with Gasteiger partial charge in [0.15, 0.2) is 6.61 Å². The van der Waals surface area contributed by atoms with Crippen LogP contribution in [0.5, 0.6) is 0 Å². The van der Waals surface area contributed by atoms with Gasteiger partial charge in [-0.2, -0.15) is 5.10 Å². The van der Waals surface area contributed by atoms with Crippen molar-refractivity contribution in [3.8, 4) is 5.69 Å². The van der Waals surface area contributed by atoms with E-state index < -0.39 is 18.5 Å². The second-order valence-electron chi connectivity index (χ2n) is 7.37. The van der Waals surface area contributed by atoms with Crippen LogP contribution in [-0.2, 0) is 9.53 Å². The van der Waals surface area contributed by atoms with E-state index in [0.717, 1.165) is 21.6 Å². The van der Waals surface area contributed by atoms with E-state index >= 15 is 0 Å².